The first-order valence-electron chi connectivity index (χ1n) is 7.01. The first-order valence-corrected chi connectivity index (χ1v) is 7.01. The number of carboxylic acid groups (broad SMARTS) is 1. The highest BCUT2D eigenvalue weighted by Gasteiger charge is 2.27. The van der Waals surface area contributed by atoms with Gasteiger partial charge in [0.15, 0.2) is 0 Å². The Morgan fingerprint density at radius 1 is 1.45 bits per heavy atom. The van der Waals surface area contributed by atoms with Crippen molar-refractivity contribution in [3.63, 3.8) is 0 Å². The monoisotopic (exact) mass is 279 g/mol. The Bertz CT molecular complexity index is 490. The van der Waals surface area contributed by atoms with Crippen LogP contribution in [0.2, 0.25) is 0 Å². The zero-order valence-electron chi connectivity index (χ0n) is 12.0. The van der Waals surface area contributed by atoms with E-state index in [9.17, 15) is 9.59 Å². The lowest BCUT2D eigenvalue weighted by molar-refractivity contribution is -0.137. The number of carboxylic acids is 1. The van der Waals surface area contributed by atoms with Crippen molar-refractivity contribution in [1.82, 2.24) is 15.1 Å². The summed E-state index contributed by atoms with van der Waals surface area (Å²) in [4.78, 5) is 25.0. The molecule has 1 atom stereocenters. The zero-order valence-corrected chi connectivity index (χ0v) is 12.0. The van der Waals surface area contributed by atoms with Crippen LogP contribution in [0.4, 0.5) is 0 Å². The predicted octanol–water partition coefficient (Wildman–Crippen LogP) is 1.74. The van der Waals surface area contributed by atoms with Crippen molar-refractivity contribution in [2.24, 2.45) is 5.92 Å². The molecule has 0 saturated carbocycles. The molecule has 1 aromatic rings. The lowest BCUT2D eigenvalue weighted by Gasteiger charge is -2.32. The van der Waals surface area contributed by atoms with Crippen LogP contribution in [-0.4, -0.2) is 45.2 Å². The van der Waals surface area contributed by atoms with E-state index < -0.39 is 5.97 Å². The minimum absolute atomic E-state index is 0.00813. The van der Waals surface area contributed by atoms with Crippen molar-refractivity contribution in [3.05, 3.63) is 17.0 Å². The molecule has 1 aromatic heterocycles. The van der Waals surface area contributed by atoms with E-state index in [0.717, 1.165) is 30.8 Å². The molecule has 0 spiro atoms. The Morgan fingerprint density at radius 2 is 2.20 bits per heavy atom. The number of hydrogen-bond donors (Lipinski definition) is 2. The average Bonchev–Trinajstić information content (AvgIpc) is 2.75. The van der Waals surface area contributed by atoms with Gasteiger partial charge in [-0.15, -0.1) is 0 Å². The minimum atomic E-state index is -0.769. The third kappa shape index (κ3) is 3.18. The summed E-state index contributed by atoms with van der Waals surface area (Å²) in [5.74, 6) is -0.472. The lowest BCUT2D eigenvalue weighted by atomic mass is 9.93. The topological polar surface area (TPSA) is 86.3 Å². The molecule has 2 heterocycles. The minimum Gasteiger partial charge on any atom is -0.481 e. The fraction of sp³-hybridized carbons (Fsp3) is 0.643. The molecule has 1 aliphatic heterocycles. The third-order valence-electron chi connectivity index (χ3n) is 3.91. The van der Waals surface area contributed by atoms with Crippen molar-refractivity contribution >= 4 is 11.9 Å². The number of aliphatic carboxylic acids is 1. The van der Waals surface area contributed by atoms with Gasteiger partial charge in [0.2, 0.25) is 0 Å². The number of carbonyl (C=O) groups excluding carboxylic acids is 1. The molecular weight excluding hydrogens is 258 g/mol. The Kier molecular flexibility index (Phi) is 4.42. The van der Waals surface area contributed by atoms with Crippen molar-refractivity contribution in [3.8, 4) is 0 Å². The van der Waals surface area contributed by atoms with E-state index in [4.69, 9.17) is 5.11 Å². The molecule has 1 saturated heterocycles. The number of likely N-dealkylation sites (tertiary alicyclic amines) is 1. The quantitative estimate of drug-likeness (QED) is 0.879. The second-order valence-electron chi connectivity index (χ2n) is 5.50. The maximum atomic E-state index is 12.5. The van der Waals surface area contributed by atoms with Gasteiger partial charge in [-0.25, -0.2) is 0 Å². The predicted molar refractivity (Wildman–Crippen MR) is 73.6 cm³/mol. The lowest BCUT2D eigenvalue weighted by Crippen LogP contribution is -2.40. The molecule has 2 rings (SSSR count). The van der Waals surface area contributed by atoms with Gasteiger partial charge < -0.3 is 10.0 Å². The molecule has 0 radical (unpaired) electrons. The summed E-state index contributed by atoms with van der Waals surface area (Å²) in [6, 6.07) is 0. The van der Waals surface area contributed by atoms with Crippen LogP contribution in [0.5, 0.6) is 0 Å². The fourth-order valence-electron chi connectivity index (χ4n) is 2.84. The molecule has 20 heavy (non-hydrogen) atoms. The van der Waals surface area contributed by atoms with Gasteiger partial charge in [-0.05, 0) is 39.0 Å². The number of aryl methyl sites for hydroxylation is 2. The average molecular weight is 279 g/mol. The fourth-order valence-corrected chi connectivity index (χ4v) is 2.84. The van der Waals surface area contributed by atoms with Crippen LogP contribution in [0.1, 0.15) is 47.4 Å². The van der Waals surface area contributed by atoms with E-state index in [2.05, 4.69) is 10.2 Å². The highest BCUT2D eigenvalue weighted by atomic mass is 16.4. The van der Waals surface area contributed by atoms with Crippen molar-refractivity contribution in [1.29, 1.82) is 0 Å². The van der Waals surface area contributed by atoms with E-state index >= 15 is 0 Å². The highest BCUT2D eigenvalue weighted by Crippen LogP contribution is 2.23. The number of piperidine rings is 1. The Hall–Kier alpha value is -1.85. The Balaban J connectivity index is 2.02. The number of rotatable bonds is 4. The summed E-state index contributed by atoms with van der Waals surface area (Å²) in [5.41, 5.74) is 2.17. The van der Waals surface area contributed by atoms with E-state index in [-0.39, 0.29) is 18.2 Å². The van der Waals surface area contributed by atoms with E-state index in [0.29, 0.717) is 18.5 Å². The molecule has 6 nitrogen and oxygen atoms in total. The maximum Gasteiger partial charge on any atom is 0.303 e. The van der Waals surface area contributed by atoms with Crippen LogP contribution >= 0.6 is 0 Å². The SMILES string of the molecule is Cc1n[nH]c(C)c1C(=O)N1CCCC(CCC(=O)O)C1. The molecule has 0 aromatic carbocycles. The summed E-state index contributed by atoms with van der Waals surface area (Å²) in [5, 5.41) is 15.6. The zero-order chi connectivity index (χ0) is 14.7. The van der Waals surface area contributed by atoms with Crippen LogP contribution < -0.4 is 0 Å². The number of aromatic amines is 1. The van der Waals surface area contributed by atoms with Crippen LogP contribution in [-0.2, 0) is 4.79 Å². The normalized spacial score (nSPS) is 19.1. The molecule has 1 aliphatic rings. The van der Waals surface area contributed by atoms with Crippen molar-refractivity contribution in [2.75, 3.05) is 13.1 Å². The van der Waals surface area contributed by atoms with Gasteiger partial charge in [-0.3, -0.25) is 14.7 Å². The molecule has 110 valence electrons. The number of nitrogens with one attached hydrogen (secondary N) is 1. The summed E-state index contributed by atoms with van der Waals surface area (Å²) in [6.45, 7) is 5.06. The van der Waals surface area contributed by atoms with Crippen molar-refractivity contribution in [2.45, 2.75) is 39.5 Å². The number of aromatic nitrogens is 2. The smallest absolute Gasteiger partial charge is 0.303 e. The molecule has 2 N–H and O–H groups in total. The number of amides is 1. The molecular formula is C14H21N3O3. The number of nitrogens with zero attached hydrogens (tertiary/aromatic N) is 2. The second-order valence-corrected chi connectivity index (χ2v) is 5.50. The number of hydrogen-bond acceptors (Lipinski definition) is 3. The van der Waals surface area contributed by atoms with Gasteiger partial charge in [-0.2, -0.15) is 5.10 Å². The van der Waals surface area contributed by atoms with E-state index in [1.807, 2.05) is 18.7 Å². The van der Waals surface area contributed by atoms with Crippen LogP contribution in [0.3, 0.4) is 0 Å². The molecule has 0 aliphatic carbocycles. The molecule has 1 unspecified atom stereocenters. The maximum absolute atomic E-state index is 12.5. The van der Waals surface area contributed by atoms with Gasteiger partial charge in [-0.1, -0.05) is 0 Å². The van der Waals surface area contributed by atoms with Gasteiger partial charge in [0.05, 0.1) is 11.3 Å². The molecule has 1 amide bonds. The van der Waals surface area contributed by atoms with Crippen LogP contribution in [0.15, 0.2) is 0 Å². The van der Waals surface area contributed by atoms with Crippen molar-refractivity contribution < 1.29 is 14.7 Å². The first-order chi connectivity index (χ1) is 9.49. The van der Waals surface area contributed by atoms with Crippen LogP contribution in [0.25, 0.3) is 0 Å². The van der Waals surface area contributed by atoms with E-state index in [1.54, 1.807) is 0 Å². The van der Waals surface area contributed by atoms with Gasteiger partial charge >= 0.3 is 5.97 Å². The highest BCUT2D eigenvalue weighted by molar-refractivity contribution is 5.96. The van der Waals surface area contributed by atoms with Crippen LogP contribution in [0, 0.1) is 19.8 Å². The van der Waals surface area contributed by atoms with Gasteiger partial charge in [0.25, 0.3) is 5.91 Å². The van der Waals surface area contributed by atoms with E-state index in [1.165, 1.54) is 0 Å². The first kappa shape index (κ1) is 14.6. The summed E-state index contributed by atoms with van der Waals surface area (Å²) in [7, 11) is 0. The summed E-state index contributed by atoms with van der Waals surface area (Å²) in [6.07, 6.45) is 2.76. The largest absolute Gasteiger partial charge is 0.481 e. The molecule has 1 fully saturated rings. The van der Waals surface area contributed by atoms with Gasteiger partial charge in [0.1, 0.15) is 0 Å². The number of H-pyrrole nitrogens is 1. The summed E-state index contributed by atoms with van der Waals surface area (Å²) >= 11 is 0. The molecule has 0 bridgehead atoms. The molecule has 6 heteroatoms. The Morgan fingerprint density at radius 3 is 2.80 bits per heavy atom. The summed E-state index contributed by atoms with van der Waals surface area (Å²) < 4.78 is 0. The Labute approximate surface area is 118 Å². The number of carbonyl (C=O) groups is 2. The second kappa shape index (κ2) is 6.07. The standard InChI is InChI=1S/C14H21N3O3/c1-9-13(10(2)16-15-9)14(20)17-7-3-4-11(8-17)5-6-12(18)19/h11H,3-8H2,1-2H3,(H,15,16)(H,18,19). The van der Waals surface area contributed by atoms with Gasteiger partial charge in [0, 0.05) is 25.2 Å². The third-order valence-corrected chi connectivity index (χ3v) is 3.91.